The van der Waals surface area contributed by atoms with Crippen molar-refractivity contribution >= 4 is 5.82 Å². The third kappa shape index (κ3) is 4.51. The molecule has 0 unspecified atom stereocenters. The Balaban J connectivity index is 1.15. The van der Waals surface area contributed by atoms with Crippen molar-refractivity contribution in [3.63, 3.8) is 0 Å². The van der Waals surface area contributed by atoms with Crippen LogP contribution in [0.3, 0.4) is 0 Å². The topological polar surface area (TPSA) is 119 Å². The van der Waals surface area contributed by atoms with E-state index in [1.54, 1.807) is 39.7 Å². The standard InChI is InChI=1S/C22H19FN6O5/c1-22(13-27-11-20(29(30)31)24-21(27)34-22)14-33-19-8-4-17(5-9-19)28-10-16(25-26-28)12-32-18-6-2-15(23)3-7-18/h2-11H,12-14H2,1H3/t22-/m1/s1. The van der Waals surface area contributed by atoms with Gasteiger partial charge in [-0.3, -0.25) is 4.57 Å². The van der Waals surface area contributed by atoms with E-state index in [0.29, 0.717) is 23.7 Å². The molecule has 1 aliphatic heterocycles. The van der Waals surface area contributed by atoms with Crippen LogP contribution >= 0.6 is 0 Å². The summed E-state index contributed by atoms with van der Waals surface area (Å²) in [4.78, 5) is 14.1. The molecular weight excluding hydrogens is 447 g/mol. The minimum absolute atomic E-state index is 0.200. The first-order valence-corrected chi connectivity index (χ1v) is 10.3. The first kappa shape index (κ1) is 21.4. The van der Waals surface area contributed by atoms with Crippen LogP contribution in [0.15, 0.2) is 60.9 Å². The fourth-order valence-electron chi connectivity index (χ4n) is 3.47. The monoisotopic (exact) mass is 466 g/mol. The molecule has 0 spiro atoms. The molecule has 0 radical (unpaired) electrons. The summed E-state index contributed by atoms with van der Waals surface area (Å²) in [6.07, 6.45) is 3.10. The normalized spacial score (nSPS) is 16.6. The minimum atomic E-state index is -0.693. The Bertz CT molecular complexity index is 1300. The number of halogens is 1. The molecule has 5 rings (SSSR count). The fraction of sp³-hybridized carbons (Fsp3) is 0.227. The van der Waals surface area contributed by atoms with Gasteiger partial charge in [0.15, 0.2) is 5.60 Å². The SMILES string of the molecule is C[C@]1(COc2ccc(-n3cc(COc4ccc(F)cc4)nn3)cc2)Cn2cc([N+](=O)[O-])nc2O1. The number of ether oxygens (including phenoxy) is 3. The molecule has 34 heavy (non-hydrogen) atoms. The molecule has 2 aromatic carbocycles. The largest absolute Gasteiger partial charge is 0.489 e. The van der Waals surface area contributed by atoms with Crippen molar-refractivity contribution in [2.75, 3.05) is 6.61 Å². The Morgan fingerprint density at radius 1 is 1.12 bits per heavy atom. The Morgan fingerprint density at radius 3 is 2.53 bits per heavy atom. The number of hydrogen-bond acceptors (Lipinski definition) is 8. The van der Waals surface area contributed by atoms with Crippen molar-refractivity contribution < 1.29 is 23.5 Å². The van der Waals surface area contributed by atoms with Crippen LogP contribution in [0, 0.1) is 15.9 Å². The Morgan fingerprint density at radius 2 is 1.82 bits per heavy atom. The summed E-state index contributed by atoms with van der Waals surface area (Å²) in [5.74, 6) is 0.601. The van der Waals surface area contributed by atoms with Crippen molar-refractivity contribution in [1.29, 1.82) is 0 Å². The van der Waals surface area contributed by atoms with E-state index in [0.717, 1.165) is 5.69 Å². The number of aromatic nitrogens is 5. The molecule has 2 aromatic heterocycles. The zero-order valence-corrected chi connectivity index (χ0v) is 18.0. The first-order valence-electron chi connectivity index (χ1n) is 10.3. The lowest BCUT2D eigenvalue weighted by Crippen LogP contribution is -2.38. The van der Waals surface area contributed by atoms with Crippen molar-refractivity contribution in [1.82, 2.24) is 24.5 Å². The number of nitrogens with zero attached hydrogens (tertiary/aromatic N) is 6. The Kier molecular flexibility index (Phi) is 5.32. The van der Waals surface area contributed by atoms with E-state index >= 15 is 0 Å². The predicted molar refractivity (Wildman–Crippen MR) is 116 cm³/mol. The molecule has 174 valence electrons. The van der Waals surface area contributed by atoms with Crippen molar-refractivity contribution in [2.45, 2.75) is 25.7 Å². The summed E-state index contributed by atoms with van der Waals surface area (Å²) in [5.41, 5.74) is 0.707. The van der Waals surface area contributed by atoms with E-state index in [4.69, 9.17) is 14.2 Å². The average Bonchev–Trinajstić information content (AvgIpc) is 3.52. The van der Waals surface area contributed by atoms with E-state index < -0.39 is 10.5 Å². The van der Waals surface area contributed by atoms with E-state index in [1.807, 2.05) is 19.1 Å². The zero-order chi connectivity index (χ0) is 23.7. The number of benzene rings is 2. The number of rotatable bonds is 8. The van der Waals surface area contributed by atoms with Gasteiger partial charge in [-0.25, -0.2) is 9.07 Å². The summed E-state index contributed by atoms with van der Waals surface area (Å²) >= 11 is 0. The fourth-order valence-corrected chi connectivity index (χ4v) is 3.47. The maximum Gasteiger partial charge on any atom is 0.415 e. The predicted octanol–water partition coefficient (Wildman–Crippen LogP) is 3.32. The summed E-state index contributed by atoms with van der Waals surface area (Å²) in [7, 11) is 0. The van der Waals surface area contributed by atoms with Gasteiger partial charge in [0.2, 0.25) is 0 Å². The number of nitro groups is 1. The van der Waals surface area contributed by atoms with Gasteiger partial charge in [0.1, 0.15) is 42.4 Å². The van der Waals surface area contributed by atoms with Gasteiger partial charge < -0.3 is 24.3 Å². The Labute approximate surface area is 192 Å². The minimum Gasteiger partial charge on any atom is -0.489 e. The van der Waals surface area contributed by atoms with Crippen LogP contribution in [-0.2, 0) is 13.2 Å². The molecule has 12 heteroatoms. The molecule has 11 nitrogen and oxygen atoms in total. The van der Waals surface area contributed by atoms with E-state index in [2.05, 4.69) is 15.3 Å². The van der Waals surface area contributed by atoms with Crippen LogP contribution in [0.1, 0.15) is 12.6 Å². The summed E-state index contributed by atoms with van der Waals surface area (Å²) in [6, 6.07) is 13.2. The molecule has 4 aromatic rings. The van der Waals surface area contributed by atoms with Crippen LogP contribution < -0.4 is 14.2 Å². The molecule has 0 N–H and O–H groups in total. The van der Waals surface area contributed by atoms with Crippen molar-refractivity contribution in [2.24, 2.45) is 0 Å². The number of imidazole rings is 1. The third-order valence-corrected chi connectivity index (χ3v) is 5.14. The molecular formula is C22H19FN6O5. The smallest absolute Gasteiger partial charge is 0.415 e. The van der Waals surface area contributed by atoms with Gasteiger partial charge in [0, 0.05) is 4.98 Å². The second kappa shape index (κ2) is 8.46. The van der Waals surface area contributed by atoms with Crippen LogP contribution in [0.25, 0.3) is 5.69 Å². The summed E-state index contributed by atoms with van der Waals surface area (Å²) in [5, 5.41) is 19.0. The lowest BCUT2D eigenvalue weighted by atomic mass is 10.1. The zero-order valence-electron chi connectivity index (χ0n) is 18.0. The summed E-state index contributed by atoms with van der Waals surface area (Å²) < 4.78 is 33.4. The highest BCUT2D eigenvalue weighted by atomic mass is 19.1. The summed E-state index contributed by atoms with van der Waals surface area (Å²) in [6.45, 7) is 2.68. The molecule has 0 aliphatic carbocycles. The van der Waals surface area contributed by atoms with Crippen LogP contribution in [0.2, 0.25) is 0 Å². The molecule has 3 heterocycles. The van der Waals surface area contributed by atoms with E-state index in [1.165, 1.54) is 18.3 Å². The molecule has 0 saturated carbocycles. The molecule has 1 aliphatic rings. The maximum absolute atomic E-state index is 13.0. The van der Waals surface area contributed by atoms with Crippen molar-refractivity contribution in [3.8, 4) is 23.2 Å². The van der Waals surface area contributed by atoms with Crippen LogP contribution in [0.4, 0.5) is 10.2 Å². The van der Waals surface area contributed by atoms with Crippen LogP contribution in [-0.4, -0.2) is 41.7 Å². The van der Waals surface area contributed by atoms with E-state index in [-0.39, 0.29) is 30.9 Å². The molecule has 0 saturated heterocycles. The molecule has 0 amide bonds. The highest BCUT2D eigenvalue weighted by Crippen LogP contribution is 2.31. The van der Waals surface area contributed by atoms with Gasteiger partial charge in [-0.15, -0.1) is 5.10 Å². The third-order valence-electron chi connectivity index (χ3n) is 5.14. The lowest BCUT2D eigenvalue weighted by Gasteiger charge is -2.22. The van der Waals surface area contributed by atoms with Gasteiger partial charge in [-0.2, -0.15) is 0 Å². The van der Waals surface area contributed by atoms with Crippen LogP contribution in [0.5, 0.6) is 17.5 Å². The van der Waals surface area contributed by atoms with Crippen molar-refractivity contribution in [3.05, 3.63) is 82.6 Å². The number of hydrogen-bond donors (Lipinski definition) is 0. The lowest BCUT2D eigenvalue weighted by molar-refractivity contribution is -0.389. The first-order chi connectivity index (χ1) is 16.4. The van der Waals surface area contributed by atoms with Gasteiger partial charge in [-0.1, -0.05) is 5.21 Å². The Hall–Kier alpha value is -4.48. The second-order valence-corrected chi connectivity index (χ2v) is 8.00. The van der Waals surface area contributed by atoms with Gasteiger partial charge >= 0.3 is 11.8 Å². The average molecular weight is 466 g/mol. The maximum atomic E-state index is 13.0. The van der Waals surface area contributed by atoms with Gasteiger partial charge in [-0.05, 0) is 60.4 Å². The molecule has 0 bridgehead atoms. The number of fused-ring (bicyclic) bond motifs is 1. The van der Waals surface area contributed by atoms with E-state index in [9.17, 15) is 14.5 Å². The highest BCUT2D eigenvalue weighted by Gasteiger charge is 2.41. The molecule has 1 atom stereocenters. The quantitative estimate of drug-likeness (QED) is 0.287. The molecule has 0 fully saturated rings. The van der Waals surface area contributed by atoms with Gasteiger partial charge in [0.05, 0.1) is 18.4 Å². The highest BCUT2D eigenvalue weighted by molar-refractivity contribution is 5.37. The van der Waals surface area contributed by atoms with Gasteiger partial charge in [0.25, 0.3) is 0 Å². The second-order valence-electron chi connectivity index (χ2n) is 8.00.